The van der Waals surface area contributed by atoms with Gasteiger partial charge in [0.2, 0.25) is 5.91 Å². The molecular formula is C14H18ClNO4. The fourth-order valence-electron chi connectivity index (χ4n) is 1.54. The number of halogens is 1. The van der Waals surface area contributed by atoms with Crippen molar-refractivity contribution >= 4 is 29.2 Å². The van der Waals surface area contributed by atoms with Crippen LogP contribution in [0.1, 0.15) is 37.0 Å². The lowest BCUT2D eigenvalue weighted by Gasteiger charge is -2.08. The number of carbonyl (C=O) groups is 2. The largest absolute Gasteiger partial charge is 0.478 e. The zero-order chi connectivity index (χ0) is 15.1. The number of hydrogen-bond acceptors (Lipinski definition) is 3. The number of aromatic carboxylic acids is 1. The molecule has 0 aliphatic rings. The molecule has 1 rings (SSSR count). The van der Waals surface area contributed by atoms with E-state index >= 15 is 0 Å². The molecular weight excluding hydrogens is 282 g/mol. The third-order valence-electron chi connectivity index (χ3n) is 2.48. The Bertz CT molecular complexity index is 488. The Morgan fingerprint density at radius 1 is 1.40 bits per heavy atom. The van der Waals surface area contributed by atoms with Crippen molar-refractivity contribution in [3.8, 4) is 0 Å². The number of benzene rings is 1. The van der Waals surface area contributed by atoms with Crippen LogP contribution < -0.4 is 5.32 Å². The smallest absolute Gasteiger partial charge is 0.337 e. The number of hydrogen-bond donors (Lipinski definition) is 2. The summed E-state index contributed by atoms with van der Waals surface area (Å²) in [5.74, 6) is -1.25. The van der Waals surface area contributed by atoms with Gasteiger partial charge in [-0.15, -0.1) is 0 Å². The molecule has 0 bridgehead atoms. The van der Waals surface area contributed by atoms with Crippen LogP contribution >= 0.6 is 11.6 Å². The van der Waals surface area contributed by atoms with E-state index in [1.54, 1.807) is 0 Å². The summed E-state index contributed by atoms with van der Waals surface area (Å²) in [7, 11) is 0. The third-order valence-corrected chi connectivity index (χ3v) is 2.80. The van der Waals surface area contributed by atoms with Crippen LogP contribution in [0.3, 0.4) is 0 Å². The van der Waals surface area contributed by atoms with Crippen molar-refractivity contribution in [3.63, 3.8) is 0 Å². The summed E-state index contributed by atoms with van der Waals surface area (Å²) in [5, 5.41) is 11.6. The average Bonchev–Trinajstić information content (AvgIpc) is 2.34. The number of amides is 1. The highest BCUT2D eigenvalue weighted by atomic mass is 35.5. The summed E-state index contributed by atoms with van der Waals surface area (Å²) < 4.78 is 5.34. The van der Waals surface area contributed by atoms with E-state index < -0.39 is 5.97 Å². The molecule has 0 saturated carbocycles. The zero-order valence-corrected chi connectivity index (χ0v) is 12.2. The van der Waals surface area contributed by atoms with Gasteiger partial charge in [0.25, 0.3) is 0 Å². The van der Waals surface area contributed by atoms with E-state index in [0.29, 0.717) is 25.1 Å². The number of nitrogens with one attached hydrogen (secondary N) is 1. The Morgan fingerprint density at radius 3 is 2.65 bits per heavy atom. The van der Waals surface area contributed by atoms with Crippen LogP contribution in [0.4, 0.5) is 5.69 Å². The molecule has 0 aliphatic heterocycles. The Hall–Kier alpha value is -1.59. The molecule has 6 heteroatoms. The Balaban J connectivity index is 2.46. The predicted octanol–water partition coefficient (Wildman–Crippen LogP) is 3.18. The Morgan fingerprint density at radius 2 is 2.10 bits per heavy atom. The van der Waals surface area contributed by atoms with E-state index in [1.807, 2.05) is 13.8 Å². The van der Waals surface area contributed by atoms with Crippen LogP contribution in [0, 0.1) is 0 Å². The molecule has 5 nitrogen and oxygen atoms in total. The predicted molar refractivity (Wildman–Crippen MR) is 77.4 cm³/mol. The summed E-state index contributed by atoms with van der Waals surface area (Å²) in [4.78, 5) is 22.5. The van der Waals surface area contributed by atoms with E-state index in [0.717, 1.165) is 0 Å². The topological polar surface area (TPSA) is 75.6 Å². The highest BCUT2D eigenvalue weighted by Gasteiger charge is 2.10. The minimum absolute atomic E-state index is 0.00926. The van der Waals surface area contributed by atoms with Crippen molar-refractivity contribution in [2.45, 2.75) is 32.8 Å². The molecule has 110 valence electrons. The quantitative estimate of drug-likeness (QED) is 0.758. The minimum atomic E-state index is -1.10. The van der Waals surface area contributed by atoms with Crippen LogP contribution in [0.5, 0.6) is 0 Å². The molecule has 0 unspecified atom stereocenters. The fourth-order valence-corrected chi connectivity index (χ4v) is 1.80. The van der Waals surface area contributed by atoms with E-state index in [2.05, 4.69) is 5.32 Å². The number of carboxylic acids is 1. The van der Waals surface area contributed by atoms with Gasteiger partial charge in [-0.25, -0.2) is 4.79 Å². The molecule has 1 amide bonds. The van der Waals surface area contributed by atoms with Crippen molar-refractivity contribution in [1.29, 1.82) is 0 Å². The second kappa shape index (κ2) is 7.87. The summed E-state index contributed by atoms with van der Waals surface area (Å²) in [6.07, 6.45) is 1.12. The normalized spacial score (nSPS) is 10.6. The number of anilines is 1. The van der Waals surface area contributed by atoms with Crippen molar-refractivity contribution in [3.05, 3.63) is 28.8 Å². The number of carbonyl (C=O) groups excluding carboxylic acids is 1. The molecule has 0 heterocycles. The Kier molecular flexibility index (Phi) is 6.48. The molecule has 0 radical (unpaired) electrons. The molecule has 20 heavy (non-hydrogen) atoms. The first-order valence-corrected chi connectivity index (χ1v) is 6.72. The van der Waals surface area contributed by atoms with Gasteiger partial charge in [-0.05, 0) is 38.5 Å². The van der Waals surface area contributed by atoms with Crippen LogP contribution in [-0.2, 0) is 9.53 Å². The highest BCUT2D eigenvalue weighted by molar-refractivity contribution is 6.33. The molecule has 0 spiro atoms. The van der Waals surface area contributed by atoms with Crippen LogP contribution in [0.25, 0.3) is 0 Å². The lowest BCUT2D eigenvalue weighted by Crippen LogP contribution is -2.13. The van der Waals surface area contributed by atoms with E-state index in [1.165, 1.54) is 18.2 Å². The fraction of sp³-hybridized carbons (Fsp3) is 0.429. The monoisotopic (exact) mass is 299 g/mol. The van der Waals surface area contributed by atoms with Gasteiger partial charge >= 0.3 is 5.97 Å². The molecule has 1 aromatic carbocycles. The molecule has 0 atom stereocenters. The number of ether oxygens (including phenoxy) is 1. The van der Waals surface area contributed by atoms with Gasteiger partial charge in [-0.3, -0.25) is 4.79 Å². The maximum atomic E-state index is 11.7. The van der Waals surface area contributed by atoms with Crippen LogP contribution in [0.2, 0.25) is 5.02 Å². The second-order valence-corrected chi connectivity index (χ2v) is 4.98. The van der Waals surface area contributed by atoms with Gasteiger partial charge in [-0.1, -0.05) is 11.6 Å². The average molecular weight is 300 g/mol. The molecule has 0 fully saturated rings. The lowest BCUT2D eigenvalue weighted by molar-refractivity contribution is -0.116. The number of carboxylic acid groups (broad SMARTS) is 1. The molecule has 0 saturated heterocycles. The molecule has 0 aliphatic carbocycles. The third kappa shape index (κ3) is 5.59. The first kappa shape index (κ1) is 16.5. The van der Waals surface area contributed by atoms with Crippen LogP contribution in [0.15, 0.2) is 18.2 Å². The van der Waals surface area contributed by atoms with Gasteiger partial charge in [0.05, 0.1) is 16.7 Å². The van der Waals surface area contributed by atoms with Gasteiger partial charge < -0.3 is 15.2 Å². The van der Waals surface area contributed by atoms with Crippen molar-refractivity contribution < 1.29 is 19.4 Å². The van der Waals surface area contributed by atoms with E-state index in [9.17, 15) is 9.59 Å². The first-order chi connectivity index (χ1) is 9.40. The Labute approximate surface area is 122 Å². The van der Waals surface area contributed by atoms with Gasteiger partial charge in [0.15, 0.2) is 0 Å². The maximum absolute atomic E-state index is 11.7. The summed E-state index contributed by atoms with van der Waals surface area (Å²) in [5.41, 5.74) is 0.491. The van der Waals surface area contributed by atoms with E-state index in [4.69, 9.17) is 21.4 Å². The highest BCUT2D eigenvalue weighted by Crippen LogP contribution is 2.21. The molecule has 1 aromatic rings. The summed E-state index contributed by atoms with van der Waals surface area (Å²) >= 11 is 5.82. The summed E-state index contributed by atoms with van der Waals surface area (Å²) in [6, 6.07) is 4.30. The first-order valence-electron chi connectivity index (χ1n) is 6.34. The van der Waals surface area contributed by atoms with Crippen molar-refractivity contribution in [2.75, 3.05) is 11.9 Å². The number of rotatable bonds is 7. The molecule has 0 aromatic heterocycles. The zero-order valence-electron chi connectivity index (χ0n) is 11.5. The van der Waals surface area contributed by atoms with Crippen molar-refractivity contribution in [1.82, 2.24) is 0 Å². The van der Waals surface area contributed by atoms with E-state index in [-0.39, 0.29) is 22.6 Å². The lowest BCUT2D eigenvalue weighted by atomic mass is 10.2. The van der Waals surface area contributed by atoms with Gasteiger partial charge in [0, 0.05) is 18.7 Å². The summed E-state index contributed by atoms with van der Waals surface area (Å²) in [6.45, 7) is 4.40. The van der Waals surface area contributed by atoms with Gasteiger partial charge in [-0.2, -0.15) is 0 Å². The van der Waals surface area contributed by atoms with Crippen molar-refractivity contribution in [2.24, 2.45) is 0 Å². The maximum Gasteiger partial charge on any atom is 0.337 e. The SMILES string of the molecule is CC(C)OCCCC(=O)Nc1ccc(C(=O)O)c(Cl)c1. The second-order valence-electron chi connectivity index (χ2n) is 4.57. The minimum Gasteiger partial charge on any atom is -0.478 e. The van der Waals surface area contributed by atoms with Gasteiger partial charge in [0.1, 0.15) is 0 Å². The van der Waals surface area contributed by atoms with Crippen LogP contribution in [-0.4, -0.2) is 29.7 Å². The standard InChI is InChI=1S/C14H18ClNO4/c1-9(2)20-7-3-4-13(17)16-10-5-6-11(14(18)19)12(15)8-10/h5-6,8-9H,3-4,7H2,1-2H3,(H,16,17)(H,18,19). The molecule has 2 N–H and O–H groups in total.